The molecule has 10 nitrogen and oxygen atoms in total. The monoisotopic (exact) mass is 651 g/mol. The number of hydrogen-bond acceptors (Lipinski definition) is 8. The van der Waals surface area contributed by atoms with Gasteiger partial charge >= 0.3 is 11.9 Å². The van der Waals surface area contributed by atoms with Gasteiger partial charge in [-0.2, -0.15) is 13.2 Å². The minimum atomic E-state index is -4.81. The Kier molecular flexibility index (Phi) is 8.68. The number of ether oxygens (including phenoxy) is 2. The van der Waals surface area contributed by atoms with E-state index >= 15 is 0 Å². The van der Waals surface area contributed by atoms with Crippen molar-refractivity contribution in [2.45, 2.75) is 6.18 Å². The lowest BCUT2D eigenvalue weighted by molar-refractivity contribution is -0.385. The van der Waals surface area contributed by atoms with E-state index in [1.54, 1.807) is 24.3 Å². The number of nitrogens with zero attached hydrogens (tertiary/aromatic N) is 2. The van der Waals surface area contributed by atoms with Crippen molar-refractivity contribution in [2.24, 2.45) is 0 Å². The van der Waals surface area contributed by atoms with Gasteiger partial charge in [0, 0.05) is 21.8 Å². The van der Waals surface area contributed by atoms with Gasteiger partial charge in [-0.25, -0.2) is 0 Å². The number of methoxy groups -OCH3 is 1. The number of amides is 3. The van der Waals surface area contributed by atoms with Gasteiger partial charge in [-0.05, 0) is 72.4 Å². The summed E-state index contributed by atoms with van der Waals surface area (Å²) in [4.78, 5) is 49.2. The molecule has 0 aromatic heterocycles. The third kappa shape index (κ3) is 7.05. The molecule has 3 aromatic carbocycles. The molecule has 0 atom stereocenters. The van der Waals surface area contributed by atoms with Gasteiger partial charge in [-0.3, -0.25) is 29.4 Å². The summed E-state index contributed by atoms with van der Waals surface area (Å²) < 4.78 is 50.4. The first-order chi connectivity index (χ1) is 19.3. The summed E-state index contributed by atoms with van der Waals surface area (Å²) in [7, 11) is 1.49. The molecular formula is C26H17BrF3N3O7S. The van der Waals surface area contributed by atoms with Crippen molar-refractivity contribution >= 4 is 62.2 Å². The molecule has 4 rings (SSSR count). The molecule has 1 aliphatic heterocycles. The Morgan fingerprint density at radius 1 is 1.10 bits per heavy atom. The Balaban J connectivity index is 1.56. The maximum atomic E-state index is 13.1. The average molecular weight is 652 g/mol. The quantitative estimate of drug-likeness (QED) is 0.159. The van der Waals surface area contributed by atoms with E-state index in [1.807, 2.05) is 0 Å². The number of benzene rings is 3. The topological polar surface area (TPSA) is 128 Å². The fraction of sp³-hybridized carbons (Fsp3) is 0.115. The van der Waals surface area contributed by atoms with E-state index in [0.717, 1.165) is 11.0 Å². The highest BCUT2D eigenvalue weighted by Gasteiger charge is 2.37. The van der Waals surface area contributed by atoms with Gasteiger partial charge in [0.05, 0.1) is 22.5 Å². The van der Waals surface area contributed by atoms with Crippen LogP contribution in [0.1, 0.15) is 11.1 Å². The number of hydrogen-bond donors (Lipinski definition) is 1. The molecule has 0 bridgehead atoms. The van der Waals surface area contributed by atoms with Gasteiger partial charge in [0.1, 0.15) is 18.0 Å². The van der Waals surface area contributed by atoms with Crippen molar-refractivity contribution in [1.82, 2.24) is 4.90 Å². The second kappa shape index (κ2) is 12.0. The molecule has 3 aromatic rings. The van der Waals surface area contributed by atoms with Crippen LogP contribution in [0.25, 0.3) is 6.08 Å². The fourth-order valence-electron chi connectivity index (χ4n) is 3.56. The maximum Gasteiger partial charge on any atom is 0.416 e. The summed E-state index contributed by atoms with van der Waals surface area (Å²) >= 11 is 3.83. The number of carbonyl (C=O) groups is 3. The highest BCUT2D eigenvalue weighted by molar-refractivity contribution is 9.10. The number of nitrogens with one attached hydrogen (secondary N) is 1. The summed E-state index contributed by atoms with van der Waals surface area (Å²) in [5, 5.41) is 13.3. The van der Waals surface area contributed by atoms with Crippen LogP contribution in [0.5, 0.6) is 17.2 Å². The second-order valence-corrected chi connectivity index (χ2v) is 10.2. The summed E-state index contributed by atoms with van der Waals surface area (Å²) in [5.74, 6) is -1.33. The Hall–Kier alpha value is -4.37. The number of alkyl halides is 3. The number of thioether (sulfide) groups is 1. The molecule has 1 aliphatic rings. The Labute approximate surface area is 242 Å². The lowest BCUT2D eigenvalue weighted by atomic mass is 10.1. The second-order valence-electron chi connectivity index (χ2n) is 8.27. The van der Waals surface area contributed by atoms with Gasteiger partial charge in [0.15, 0.2) is 0 Å². The Morgan fingerprint density at radius 2 is 1.78 bits per heavy atom. The minimum absolute atomic E-state index is 0.0416. The summed E-state index contributed by atoms with van der Waals surface area (Å²) in [5.41, 5.74) is -1.54. The molecule has 0 aliphatic carbocycles. The van der Waals surface area contributed by atoms with Crippen molar-refractivity contribution in [2.75, 3.05) is 19.0 Å². The van der Waals surface area contributed by atoms with Crippen LogP contribution in [-0.2, 0) is 15.8 Å². The van der Waals surface area contributed by atoms with E-state index in [-0.39, 0.29) is 16.2 Å². The predicted molar refractivity (Wildman–Crippen MR) is 147 cm³/mol. The van der Waals surface area contributed by atoms with Crippen molar-refractivity contribution in [3.63, 3.8) is 0 Å². The largest absolute Gasteiger partial charge is 0.497 e. The molecule has 0 radical (unpaired) electrons. The van der Waals surface area contributed by atoms with Gasteiger partial charge in [0.25, 0.3) is 11.1 Å². The minimum Gasteiger partial charge on any atom is -0.497 e. The summed E-state index contributed by atoms with van der Waals surface area (Å²) in [6.07, 6.45) is -3.53. The lowest BCUT2D eigenvalue weighted by Crippen LogP contribution is -2.36. The molecule has 41 heavy (non-hydrogen) atoms. The molecule has 1 fully saturated rings. The molecule has 212 valence electrons. The van der Waals surface area contributed by atoms with Crippen LogP contribution in [0.15, 0.2) is 70.0 Å². The summed E-state index contributed by atoms with van der Waals surface area (Å²) in [6.45, 7) is -0.562. The predicted octanol–water partition coefficient (Wildman–Crippen LogP) is 6.85. The zero-order chi connectivity index (χ0) is 29.9. The average Bonchev–Trinajstić information content (AvgIpc) is 3.17. The van der Waals surface area contributed by atoms with E-state index in [4.69, 9.17) is 9.47 Å². The highest BCUT2D eigenvalue weighted by atomic mass is 79.9. The van der Waals surface area contributed by atoms with Gasteiger partial charge in [0.2, 0.25) is 11.7 Å². The van der Waals surface area contributed by atoms with E-state index in [0.29, 0.717) is 39.8 Å². The van der Waals surface area contributed by atoms with Crippen molar-refractivity contribution in [1.29, 1.82) is 0 Å². The molecule has 3 amide bonds. The maximum absolute atomic E-state index is 13.1. The zero-order valence-corrected chi connectivity index (χ0v) is 23.1. The van der Waals surface area contributed by atoms with Crippen LogP contribution >= 0.6 is 27.7 Å². The molecule has 15 heteroatoms. The van der Waals surface area contributed by atoms with Gasteiger partial charge in [-0.15, -0.1) is 0 Å². The molecule has 0 spiro atoms. The first-order valence-electron chi connectivity index (χ1n) is 11.4. The Morgan fingerprint density at radius 3 is 2.41 bits per heavy atom. The first kappa shape index (κ1) is 29.6. The molecule has 0 saturated carbocycles. The molecule has 1 heterocycles. The fourth-order valence-corrected chi connectivity index (χ4v) is 4.77. The number of carbonyl (C=O) groups excluding carboxylic acids is 3. The standard InChI is InChI=1S/C26H17BrF3N3O7S/c1-39-18-6-4-17(5-7-18)31-23(34)13-32-24(35)22(41-25(32)36)11-14-10-16(27)3-9-20(14)40-21-8-2-15(26(28,29)30)12-19(21)33(37)38/h2-12H,13H2,1H3,(H,31,34)/b22-11+. The SMILES string of the molecule is COc1ccc(NC(=O)CN2C(=O)S/C(=C/c3cc(Br)ccc3Oc3ccc(C(F)(F)F)cc3[N+](=O)[O-])C2=O)cc1. The highest BCUT2D eigenvalue weighted by Crippen LogP contribution is 2.40. The van der Waals surface area contributed by atoms with E-state index < -0.39 is 51.7 Å². The third-order valence-electron chi connectivity index (χ3n) is 5.51. The smallest absolute Gasteiger partial charge is 0.416 e. The molecule has 0 unspecified atom stereocenters. The number of nitro groups is 1. The Bertz CT molecular complexity index is 1580. The normalized spacial score (nSPS) is 14.4. The van der Waals surface area contributed by atoms with E-state index in [2.05, 4.69) is 21.2 Å². The number of halogens is 4. The van der Waals surface area contributed by atoms with Crippen LogP contribution < -0.4 is 14.8 Å². The molecular weight excluding hydrogens is 635 g/mol. The third-order valence-corrected chi connectivity index (χ3v) is 6.91. The lowest BCUT2D eigenvalue weighted by Gasteiger charge is -2.13. The number of nitro benzene ring substituents is 1. The summed E-state index contributed by atoms with van der Waals surface area (Å²) in [6, 6.07) is 12.6. The number of anilines is 1. The van der Waals surface area contributed by atoms with Crippen LogP contribution in [0.3, 0.4) is 0 Å². The van der Waals surface area contributed by atoms with Crippen LogP contribution in [0.2, 0.25) is 0 Å². The van der Waals surface area contributed by atoms with Gasteiger partial charge in [-0.1, -0.05) is 15.9 Å². The van der Waals surface area contributed by atoms with E-state index in [1.165, 1.54) is 31.4 Å². The van der Waals surface area contributed by atoms with E-state index in [9.17, 15) is 37.7 Å². The first-order valence-corrected chi connectivity index (χ1v) is 13.0. The molecule has 1 saturated heterocycles. The van der Waals surface area contributed by atoms with Gasteiger partial charge < -0.3 is 14.8 Å². The van der Waals surface area contributed by atoms with Crippen molar-refractivity contribution < 1.29 is 42.0 Å². The number of imide groups is 1. The van der Waals surface area contributed by atoms with Crippen LogP contribution in [-0.4, -0.2) is 40.5 Å². The number of rotatable bonds is 8. The van der Waals surface area contributed by atoms with Crippen LogP contribution in [0, 0.1) is 10.1 Å². The van der Waals surface area contributed by atoms with Crippen LogP contribution in [0.4, 0.5) is 29.3 Å². The molecule has 1 N–H and O–H groups in total. The van der Waals surface area contributed by atoms with Crippen molar-refractivity contribution in [3.05, 3.63) is 91.3 Å². The van der Waals surface area contributed by atoms with Crippen molar-refractivity contribution in [3.8, 4) is 17.2 Å². The zero-order valence-electron chi connectivity index (χ0n) is 20.7.